The molecular formula is C22H42NaO2. The van der Waals surface area contributed by atoms with Crippen molar-refractivity contribution in [2.24, 2.45) is 0 Å². The molecule has 0 aliphatic rings. The standard InChI is InChI=1S/C22H42O2.Na/c1-2-3-4-5-6-7-8-9-10-11-12-13-14-15-16-17-18-19-20-21-22(23)24;/h9-10H,2-8,11-21H2,1H3,(H,23,24);/b10-9-;. The second-order valence-electron chi connectivity index (χ2n) is 7.14. The number of hydrogen-bond acceptors (Lipinski definition) is 1. The zero-order chi connectivity index (χ0) is 17.7. The van der Waals surface area contributed by atoms with Crippen molar-refractivity contribution in [2.75, 3.05) is 0 Å². The second kappa shape index (κ2) is 24.2. The molecule has 143 valence electrons. The number of hydrogen-bond donors (Lipinski definition) is 1. The van der Waals surface area contributed by atoms with Crippen molar-refractivity contribution in [3.8, 4) is 0 Å². The first-order valence-electron chi connectivity index (χ1n) is 10.6. The maximum absolute atomic E-state index is 10.4. The van der Waals surface area contributed by atoms with Crippen molar-refractivity contribution < 1.29 is 9.90 Å². The quantitative estimate of drug-likeness (QED) is 0.149. The Balaban J connectivity index is 0. The summed E-state index contributed by atoms with van der Waals surface area (Å²) in [4.78, 5) is 10.4. The van der Waals surface area contributed by atoms with E-state index in [0.717, 1.165) is 12.8 Å². The van der Waals surface area contributed by atoms with Crippen LogP contribution in [0.3, 0.4) is 0 Å². The molecule has 0 heterocycles. The maximum atomic E-state index is 10.4. The average Bonchev–Trinajstić information content (AvgIpc) is 2.56. The minimum absolute atomic E-state index is 0. The van der Waals surface area contributed by atoms with E-state index in [1.165, 1.54) is 96.3 Å². The van der Waals surface area contributed by atoms with Gasteiger partial charge in [-0.2, -0.15) is 0 Å². The number of carbonyl (C=O) groups is 1. The molecule has 0 aliphatic carbocycles. The largest absolute Gasteiger partial charge is 0.481 e. The Morgan fingerprint density at radius 3 is 1.40 bits per heavy atom. The third-order valence-electron chi connectivity index (χ3n) is 4.65. The van der Waals surface area contributed by atoms with Crippen molar-refractivity contribution in [3.05, 3.63) is 12.2 Å². The zero-order valence-corrected chi connectivity index (χ0v) is 19.2. The Labute approximate surface area is 179 Å². The number of carboxylic acid groups (broad SMARTS) is 1. The predicted molar refractivity (Wildman–Crippen MR) is 111 cm³/mol. The number of aliphatic carboxylic acids is 1. The van der Waals surface area contributed by atoms with E-state index >= 15 is 0 Å². The summed E-state index contributed by atoms with van der Waals surface area (Å²) in [5.41, 5.74) is 0. The normalized spacial score (nSPS) is 10.9. The predicted octanol–water partition coefficient (Wildman–Crippen LogP) is 7.29. The molecule has 0 fully saturated rings. The molecule has 0 aliphatic heterocycles. The maximum Gasteiger partial charge on any atom is 0.303 e. The molecule has 0 saturated heterocycles. The van der Waals surface area contributed by atoms with E-state index in [2.05, 4.69) is 19.1 Å². The van der Waals surface area contributed by atoms with E-state index in [1.54, 1.807) is 0 Å². The van der Waals surface area contributed by atoms with E-state index in [0.29, 0.717) is 6.42 Å². The number of rotatable bonds is 19. The number of carboxylic acids is 1. The first-order valence-corrected chi connectivity index (χ1v) is 10.6. The van der Waals surface area contributed by atoms with E-state index in [-0.39, 0.29) is 29.6 Å². The van der Waals surface area contributed by atoms with Crippen LogP contribution < -0.4 is 0 Å². The minimum Gasteiger partial charge on any atom is -0.481 e. The first-order chi connectivity index (χ1) is 11.8. The molecule has 0 aromatic carbocycles. The fraction of sp³-hybridized carbons (Fsp3) is 0.864. The molecule has 0 aromatic heterocycles. The van der Waals surface area contributed by atoms with Gasteiger partial charge in [-0.25, -0.2) is 0 Å². The Morgan fingerprint density at radius 2 is 1.00 bits per heavy atom. The Bertz CT molecular complexity index is 290. The van der Waals surface area contributed by atoms with Crippen LogP contribution in [0.4, 0.5) is 0 Å². The fourth-order valence-electron chi connectivity index (χ4n) is 3.05. The van der Waals surface area contributed by atoms with Crippen LogP contribution in [0, 0.1) is 0 Å². The van der Waals surface area contributed by atoms with E-state index in [4.69, 9.17) is 5.11 Å². The summed E-state index contributed by atoms with van der Waals surface area (Å²) in [6.07, 6.45) is 27.1. The van der Waals surface area contributed by atoms with Crippen molar-refractivity contribution in [1.29, 1.82) is 0 Å². The number of allylic oxidation sites excluding steroid dienone is 2. The summed E-state index contributed by atoms with van der Waals surface area (Å²) >= 11 is 0. The SMILES string of the molecule is CCCCCCCC/C=C\CCCCCCCCCCCC(=O)O.[Na]. The summed E-state index contributed by atoms with van der Waals surface area (Å²) in [6.45, 7) is 2.27. The van der Waals surface area contributed by atoms with E-state index in [9.17, 15) is 4.79 Å². The van der Waals surface area contributed by atoms with Crippen LogP contribution in [-0.4, -0.2) is 40.6 Å². The molecule has 1 N–H and O–H groups in total. The van der Waals surface area contributed by atoms with Crippen LogP contribution in [0.15, 0.2) is 12.2 Å². The van der Waals surface area contributed by atoms with Gasteiger partial charge in [-0.1, -0.05) is 96.1 Å². The smallest absolute Gasteiger partial charge is 0.303 e. The van der Waals surface area contributed by atoms with Crippen molar-refractivity contribution in [2.45, 2.75) is 122 Å². The Kier molecular flexibility index (Phi) is 26.6. The zero-order valence-electron chi connectivity index (χ0n) is 17.2. The van der Waals surface area contributed by atoms with E-state index in [1.807, 2.05) is 0 Å². The van der Waals surface area contributed by atoms with Crippen LogP contribution in [0.25, 0.3) is 0 Å². The fourth-order valence-corrected chi connectivity index (χ4v) is 3.05. The molecule has 1 radical (unpaired) electrons. The van der Waals surface area contributed by atoms with Gasteiger partial charge in [-0.15, -0.1) is 0 Å². The first kappa shape index (κ1) is 27.4. The molecule has 0 amide bonds. The Morgan fingerprint density at radius 1 is 0.640 bits per heavy atom. The van der Waals surface area contributed by atoms with Crippen LogP contribution in [0.1, 0.15) is 122 Å². The van der Waals surface area contributed by atoms with Crippen molar-refractivity contribution in [3.63, 3.8) is 0 Å². The minimum atomic E-state index is -0.656. The van der Waals surface area contributed by atoms with Gasteiger partial charge in [-0.3, -0.25) is 4.79 Å². The molecular weight excluding hydrogens is 319 g/mol. The summed E-state index contributed by atoms with van der Waals surface area (Å²) < 4.78 is 0. The second-order valence-corrected chi connectivity index (χ2v) is 7.14. The van der Waals surface area contributed by atoms with Crippen LogP contribution in [-0.2, 0) is 4.79 Å². The average molecular weight is 362 g/mol. The van der Waals surface area contributed by atoms with Crippen LogP contribution >= 0.6 is 0 Å². The van der Waals surface area contributed by atoms with Crippen LogP contribution in [0.2, 0.25) is 0 Å². The molecule has 3 heteroatoms. The van der Waals surface area contributed by atoms with Gasteiger partial charge in [0.2, 0.25) is 0 Å². The third kappa shape index (κ3) is 26.5. The van der Waals surface area contributed by atoms with Gasteiger partial charge < -0.3 is 5.11 Å². The number of unbranched alkanes of at least 4 members (excludes halogenated alkanes) is 15. The van der Waals surface area contributed by atoms with Gasteiger partial charge in [0.05, 0.1) is 0 Å². The molecule has 0 atom stereocenters. The molecule has 2 nitrogen and oxygen atoms in total. The van der Waals surface area contributed by atoms with Gasteiger partial charge in [0.25, 0.3) is 0 Å². The summed E-state index contributed by atoms with van der Waals surface area (Å²) in [7, 11) is 0. The summed E-state index contributed by atoms with van der Waals surface area (Å²) in [6, 6.07) is 0. The topological polar surface area (TPSA) is 37.3 Å². The van der Waals surface area contributed by atoms with Gasteiger partial charge in [-0.05, 0) is 32.1 Å². The van der Waals surface area contributed by atoms with Crippen molar-refractivity contribution >= 4 is 35.5 Å². The van der Waals surface area contributed by atoms with Gasteiger partial charge in [0.15, 0.2) is 0 Å². The van der Waals surface area contributed by atoms with Gasteiger partial charge in [0, 0.05) is 36.0 Å². The van der Waals surface area contributed by atoms with Crippen molar-refractivity contribution in [1.82, 2.24) is 0 Å². The molecule has 0 unspecified atom stereocenters. The molecule has 0 bridgehead atoms. The van der Waals surface area contributed by atoms with Gasteiger partial charge in [0.1, 0.15) is 0 Å². The van der Waals surface area contributed by atoms with Crippen LogP contribution in [0.5, 0.6) is 0 Å². The summed E-state index contributed by atoms with van der Waals surface area (Å²) in [5, 5.41) is 8.55. The molecule has 0 aromatic rings. The van der Waals surface area contributed by atoms with E-state index < -0.39 is 5.97 Å². The molecule has 0 spiro atoms. The molecule has 25 heavy (non-hydrogen) atoms. The summed E-state index contributed by atoms with van der Waals surface area (Å²) in [5.74, 6) is -0.656. The molecule has 0 rings (SSSR count). The molecule has 0 saturated carbocycles. The van der Waals surface area contributed by atoms with Gasteiger partial charge >= 0.3 is 5.97 Å². The monoisotopic (exact) mass is 361 g/mol. The Hall–Kier alpha value is 0.210. The third-order valence-corrected chi connectivity index (χ3v) is 4.65.